The van der Waals surface area contributed by atoms with Gasteiger partial charge in [0.2, 0.25) is 11.8 Å². The molecule has 4 aromatic heterocycles. The van der Waals surface area contributed by atoms with Gasteiger partial charge >= 0.3 is 0 Å². The number of benzene rings is 3. The Morgan fingerprint density at radius 2 is 1.10 bits per heavy atom. The van der Waals surface area contributed by atoms with Crippen LogP contribution in [0.3, 0.4) is 0 Å². The number of hydrogen-bond donors (Lipinski definition) is 1. The number of carbonyl (C=O) groups excluding carboxylic acids is 2. The van der Waals surface area contributed by atoms with Gasteiger partial charge in [-0.15, -0.1) is 0 Å². The first kappa shape index (κ1) is 42.0. The maximum Gasteiger partial charge on any atom is 0.287 e. The number of aromatic nitrogens is 4. The molecule has 7 aromatic rings. The van der Waals surface area contributed by atoms with Crippen molar-refractivity contribution in [2.24, 2.45) is 14.1 Å². The Balaban J connectivity index is 0.000000177. The van der Waals surface area contributed by atoms with Crippen LogP contribution < -0.4 is 14.8 Å². The minimum atomic E-state index is -0.510. The van der Waals surface area contributed by atoms with Crippen LogP contribution in [-0.4, -0.2) is 108 Å². The van der Waals surface area contributed by atoms with Gasteiger partial charge in [0.15, 0.2) is 0 Å². The summed E-state index contributed by atoms with van der Waals surface area (Å²) in [6.45, 7) is 6.94. The average molecular weight is 853 g/mol. The lowest BCUT2D eigenvalue weighted by Crippen LogP contribution is -2.48. The van der Waals surface area contributed by atoms with E-state index in [9.17, 15) is 29.8 Å². The number of nitrogens with zero attached hydrogens (tertiary/aromatic N) is 9. The summed E-state index contributed by atoms with van der Waals surface area (Å²) >= 11 is 0. The summed E-state index contributed by atoms with van der Waals surface area (Å²) in [7, 11) is 3.76. The van der Waals surface area contributed by atoms with E-state index in [-0.39, 0.29) is 34.9 Å². The van der Waals surface area contributed by atoms with Crippen LogP contribution in [0.2, 0.25) is 0 Å². The molecule has 6 heterocycles. The van der Waals surface area contributed by atoms with Gasteiger partial charge in [0, 0.05) is 119 Å². The molecule has 0 aliphatic carbocycles. The van der Waals surface area contributed by atoms with E-state index in [1.807, 2.05) is 87.6 Å². The Morgan fingerprint density at radius 1 is 0.619 bits per heavy atom. The average Bonchev–Trinajstić information content (AvgIpc) is 3.81. The van der Waals surface area contributed by atoms with Crippen LogP contribution >= 0.6 is 0 Å². The predicted molar refractivity (Wildman–Crippen MR) is 234 cm³/mol. The van der Waals surface area contributed by atoms with Crippen LogP contribution in [0.5, 0.6) is 23.3 Å². The standard InChI is InChI=1S/C26H25N5O4.C19H19N5O4/c1-28-23-9-8-22(35-25-10-7-21(17-27-25)31(33)34)15-20(23)16-24(28)26(32)30-13-11-29(12-14-30)18-19-5-3-2-4-6-19;1-22-16-4-3-15(28-18-5-2-14(12-21-18)24(26)27)10-13(16)11-17(22)19(25)23-8-6-20-7-9-23/h2-10,15-17H,11-14,18H2,1H3;2-5,10-12,20H,6-9H2,1H3. The van der Waals surface area contributed by atoms with Crippen molar-refractivity contribution in [3.63, 3.8) is 0 Å². The molecule has 63 heavy (non-hydrogen) atoms. The largest absolute Gasteiger partial charge is 0.439 e. The highest BCUT2D eigenvalue weighted by atomic mass is 16.6. The fourth-order valence-corrected chi connectivity index (χ4v) is 7.66. The van der Waals surface area contributed by atoms with Crippen molar-refractivity contribution in [3.8, 4) is 23.3 Å². The molecule has 2 aliphatic heterocycles. The van der Waals surface area contributed by atoms with Gasteiger partial charge in [-0.05, 0) is 54.1 Å². The number of aryl methyl sites for hydroxylation is 2. The lowest BCUT2D eigenvalue weighted by molar-refractivity contribution is -0.385. The van der Waals surface area contributed by atoms with E-state index in [4.69, 9.17) is 9.47 Å². The molecule has 2 fully saturated rings. The predicted octanol–water partition coefficient (Wildman–Crippen LogP) is 6.55. The molecule has 2 aliphatic rings. The van der Waals surface area contributed by atoms with Gasteiger partial charge in [-0.1, -0.05) is 30.3 Å². The second-order valence-electron chi connectivity index (χ2n) is 15.1. The molecule has 0 atom stereocenters. The van der Waals surface area contributed by atoms with Crippen LogP contribution in [0.15, 0.2) is 116 Å². The third-order valence-corrected chi connectivity index (χ3v) is 11.1. The van der Waals surface area contributed by atoms with E-state index in [0.717, 1.165) is 66.9 Å². The third-order valence-electron chi connectivity index (χ3n) is 11.1. The van der Waals surface area contributed by atoms with E-state index >= 15 is 0 Å². The van der Waals surface area contributed by atoms with Crippen molar-refractivity contribution in [2.45, 2.75) is 6.54 Å². The molecule has 18 heteroatoms. The van der Waals surface area contributed by atoms with Gasteiger partial charge in [-0.2, -0.15) is 0 Å². The van der Waals surface area contributed by atoms with Crippen LogP contribution in [0, 0.1) is 20.2 Å². The van der Waals surface area contributed by atoms with Gasteiger partial charge in [-0.3, -0.25) is 34.7 Å². The highest BCUT2D eigenvalue weighted by Gasteiger charge is 2.25. The molecule has 9 rings (SSSR count). The molecule has 0 spiro atoms. The maximum atomic E-state index is 13.3. The first-order chi connectivity index (χ1) is 30.5. The van der Waals surface area contributed by atoms with Crippen LogP contribution in [0.1, 0.15) is 26.5 Å². The second-order valence-corrected chi connectivity index (χ2v) is 15.1. The molecule has 2 amide bonds. The monoisotopic (exact) mass is 852 g/mol. The van der Waals surface area contributed by atoms with Gasteiger partial charge < -0.3 is 33.7 Å². The summed E-state index contributed by atoms with van der Waals surface area (Å²) < 4.78 is 15.3. The third kappa shape index (κ3) is 9.61. The van der Waals surface area contributed by atoms with Crippen molar-refractivity contribution >= 4 is 45.0 Å². The molecule has 18 nitrogen and oxygen atoms in total. The topological polar surface area (TPSA) is 196 Å². The van der Waals surface area contributed by atoms with E-state index in [1.54, 1.807) is 12.1 Å². The Kier molecular flexibility index (Phi) is 12.3. The number of ether oxygens (including phenoxy) is 2. The zero-order valence-electron chi connectivity index (χ0n) is 34.6. The number of amides is 2. The van der Waals surface area contributed by atoms with Crippen LogP contribution in [0.4, 0.5) is 11.4 Å². The van der Waals surface area contributed by atoms with E-state index in [0.29, 0.717) is 49.1 Å². The molecule has 3 aromatic carbocycles. The molecule has 0 bridgehead atoms. The molecular weight excluding hydrogens is 809 g/mol. The van der Waals surface area contributed by atoms with Crippen LogP contribution in [0.25, 0.3) is 21.8 Å². The molecule has 0 saturated carbocycles. The molecule has 322 valence electrons. The second kappa shape index (κ2) is 18.5. The van der Waals surface area contributed by atoms with Crippen molar-refractivity contribution in [1.29, 1.82) is 0 Å². The first-order valence-electron chi connectivity index (χ1n) is 20.3. The van der Waals surface area contributed by atoms with Crippen molar-refractivity contribution < 1.29 is 28.9 Å². The summed E-state index contributed by atoms with van der Waals surface area (Å²) in [4.78, 5) is 60.7. The van der Waals surface area contributed by atoms with Crippen molar-refractivity contribution in [1.82, 2.24) is 39.1 Å². The molecule has 1 N–H and O–H groups in total. The zero-order valence-corrected chi connectivity index (χ0v) is 34.6. The van der Waals surface area contributed by atoms with Gasteiger partial charge in [0.05, 0.1) is 9.85 Å². The summed E-state index contributed by atoms with van der Waals surface area (Å²) in [5, 5.41) is 26.5. The first-order valence-corrected chi connectivity index (χ1v) is 20.3. The molecular formula is C45H44N10O8. The summed E-state index contributed by atoms with van der Waals surface area (Å²) in [5.41, 5.74) is 4.18. The van der Waals surface area contributed by atoms with E-state index < -0.39 is 9.85 Å². The number of fused-ring (bicyclic) bond motifs is 2. The Morgan fingerprint density at radius 3 is 1.54 bits per heavy atom. The molecule has 0 radical (unpaired) electrons. The smallest absolute Gasteiger partial charge is 0.287 e. The number of nitro groups is 2. The number of hydrogen-bond acceptors (Lipinski definition) is 12. The van der Waals surface area contributed by atoms with Gasteiger partial charge in [0.1, 0.15) is 35.3 Å². The fourth-order valence-electron chi connectivity index (χ4n) is 7.66. The number of rotatable bonds is 10. The number of piperazine rings is 2. The molecule has 2 saturated heterocycles. The minimum Gasteiger partial charge on any atom is -0.439 e. The van der Waals surface area contributed by atoms with Crippen molar-refractivity contribution in [3.05, 3.63) is 153 Å². The summed E-state index contributed by atoms with van der Waals surface area (Å²) in [6, 6.07) is 30.7. The number of pyridine rings is 2. The van der Waals surface area contributed by atoms with Gasteiger partial charge in [0.25, 0.3) is 23.2 Å². The number of nitrogens with one attached hydrogen (secondary N) is 1. The highest BCUT2D eigenvalue weighted by molar-refractivity contribution is 6.00. The lowest BCUT2D eigenvalue weighted by atomic mass is 10.2. The lowest BCUT2D eigenvalue weighted by Gasteiger charge is -2.34. The summed E-state index contributed by atoms with van der Waals surface area (Å²) in [5.74, 6) is 1.63. The fraction of sp³-hybridized carbons (Fsp3) is 0.244. The minimum absolute atomic E-state index is 0.0136. The SMILES string of the molecule is Cn1c(C(=O)N2CCN(Cc3ccccc3)CC2)cc2cc(Oc3ccc([N+](=O)[O-])cn3)ccc21.Cn1c(C(=O)N2CCNCC2)cc2cc(Oc3ccc([N+](=O)[O-])cn3)ccc21. The highest BCUT2D eigenvalue weighted by Crippen LogP contribution is 2.30. The van der Waals surface area contributed by atoms with Crippen molar-refractivity contribution in [2.75, 3.05) is 52.4 Å². The van der Waals surface area contributed by atoms with E-state index in [1.165, 1.54) is 29.8 Å². The van der Waals surface area contributed by atoms with E-state index in [2.05, 4.69) is 32.3 Å². The Labute approximate surface area is 361 Å². The van der Waals surface area contributed by atoms with Gasteiger partial charge in [-0.25, -0.2) is 9.97 Å². The Hall–Kier alpha value is -7.70. The number of carbonyl (C=O) groups is 2. The Bertz CT molecular complexity index is 2780. The maximum absolute atomic E-state index is 13.3. The normalized spacial score (nSPS) is 14.3. The van der Waals surface area contributed by atoms with Crippen LogP contribution in [-0.2, 0) is 20.6 Å². The molecule has 0 unspecified atom stereocenters. The zero-order chi connectivity index (χ0) is 44.0. The quantitative estimate of drug-likeness (QED) is 0.115. The summed E-state index contributed by atoms with van der Waals surface area (Å²) in [6.07, 6.45) is 2.31.